The zero-order valence-electron chi connectivity index (χ0n) is 23.8. The van der Waals surface area contributed by atoms with Crippen LogP contribution in [0.3, 0.4) is 0 Å². The van der Waals surface area contributed by atoms with E-state index in [-0.39, 0.29) is 31.8 Å². The first-order valence-electron chi connectivity index (χ1n) is 13.6. The van der Waals surface area contributed by atoms with Crippen LogP contribution in [0.1, 0.15) is 45.1 Å². The number of aliphatic imine (C=N–C) groups is 1. The molecule has 42 heavy (non-hydrogen) atoms. The summed E-state index contributed by atoms with van der Waals surface area (Å²) in [6, 6.07) is 2.54. The minimum atomic E-state index is -1.29. The van der Waals surface area contributed by atoms with Crippen LogP contribution >= 0.6 is 0 Å². The second-order valence-electron chi connectivity index (χ2n) is 10.1. The number of aliphatic carboxylic acids is 1. The molecule has 0 aliphatic carbocycles. The molecule has 230 valence electrons. The van der Waals surface area contributed by atoms with Gasteiger partial charge in [-0.05, 0) is 30.4 Å². The number of carboxylic acids is 1. The maximum atomic E-state index is 13.4. The largest absolute Gasteiger partial charge is 0.480 e. The number of para-hydroxylation sites is 1. The smallest absolute Gasteiger partial charge is 0.326 e. The summed E-state index contributed by atoms with van der Waals surface area (Å²) in [4.78, 5) is 69.6. The number of amides is 4. The minimum absolute atomic E-state index is 0.00743. The average Bonchev–Trinajstić information content (AvgIpc) is 3.34. The molecule has 0 radical (unpaired) electrons. The number of aromatic nitrogens is 1. The molecule has 1 aromatic heterocycles. The maximum Gasteiger partial charge on any atom is 0.326 e. The van der Waals surface area contributed by atoms with E-state index >= 15 is 0 Å². The molecule has 0 bridgehead atoms. The van der Waals surface area contributed by atoms with Gasteiger partial charge in [-0.3, -0.25) is 24.2 Å². The van der Waals surface area contributed by atoms with E-state index in [1.807, 2.05) is 31.2 Å². The van der Waals surface area contributed by atoms with Crippen molar-refractivity contribution in [3.05, 3.63) is 36.0 Å². The fraction of sp³-hybridized carbons (Fsp3) is 0.481. The number of nitrogens with one attached hydrogen (secondary N) is 4. The van der Waals surface area contributed by atoms with Crippen LogP contribution in [0, 0.1) is 5.92 Å². The van der Waals surface area contributed by atoms with Gasteiger partial charge in [-0.25, -0.2) is 4.79 Å². The molecule has 15 heteroatoms. The molecule has 5 atom stereocenters. The van der Waals surface area contributed by atoms with Crippen LogP contribution in [-0.4, -0.2) is 76.4 Å². The topological polar surface area (TPSA) is 274 Å². The molecule has 0 saturated carbocycles. The summed E-state index contributed by atoms with van der Waals surface area (Å²) in [6.07, 6.45) is 2.10. The van der Waals surface area contributed by atoms with Crippen molar-refractivity contribution in [1.29, 1.82) is 0 Å². The summed E-state index contributed by atoms with van der Waals surface area (Å²) in [5.74, 6) is -4.75. The van der Waals surface area contributed by atoms with Gasteiger partial charge in [0.05, 0.1) is 12.5 Å². The fourth-order valence-corrected chi connectivity index (χ4v) is 4.30. The first-order valence-corrected chi connectivity index (χ1v) is 13.6. The van der Waals surface area contributed by atoms with Crippen LogP contribution in [0.15, 0.2) is 35.5 Å². The Bertz CT molecular complexity index is 1290. The second kappa shape index (κ2) is 16.0. The number of nitrogens with zero attached hydrogens (tertiary/aromatic N) is 1. The zero-order valence-corrected chi connectivity index (χ0v) is 23.8. The molecule has 0 aliphatic heterocycles. The van der Waals surface area contributed by atoms with Crippen LogP contribution in [0.25, 0.3) is 10.9 Å². The summed E-state index contributed by atoms with van der Waals surface area (Å²) >= 11 is 0. The highest BCUT2D eigenvalue weighted by atomic mass is 16.4. The highest BCUT2D eigenvalue weighted by Gasteiger charge is 2.33. The van der Waals surface area contributed by atoms with Crippen molar-refractivity contribution in [2.75, 3.05) is 6.54 Å². The number of hydrogen-bond donors (Lipinski definition) is 9. The normalized spacial score (nSPS) is 14.5. The molecule has 15 nitrogen and oxygen atoms in total. The van der Waals surface area contributed by atoms with Gasteiger partial charge >= 0.3 is 5.97 Å². The zero-order chi connectivity index (χ0) is 31.4. The molecule has 1 aromatic carbocycles. The van der Waals surface area contributed by atoms with E-state index in [1.54, 1.807) is 13.1 Å². The van der Waals surface area contributed by atoms with Crippen LogP contribution in [-0.2, 0) is 30.4 Å². The number of primary amides is 1. The number of rotatable bonds is 17. The average molecular weight is 588 g/mol. The minimum Gasteiger partial charge on any atom is -0.480 e. The van der Waals surface area contributed by atoms with E-state index in [0.29, 0.717) is 12.0 Å². The summed E-state index contributed by atoms with van der Waals surface area (Å²) in [5, 5.41) is 18.4. The molecule has 2 aromatic rings. The lowest BCUT2D eigenvalue weighted by molar-refractivity contribution is -0.142. The van der Waals surface area contributed by atoms with Gasteiger partial charge in [0.15, 0.2) is 5.96 Å². The quantitative estimate of drug-likeness (QED) is 0.0594. The maximum absolute atomic E-state index is 13.4. The van der Waals surface area contributed by atoms with Gasteiger partial charge in [-0.1, -0.05) is 38.5 Å². The molecule has 2 rings (SSSR count). The number of fused-ring (bicyclic) bond motifs is 1. The summed E-state index contributed by atoms with van der Waals surface area (Å²) < 4.78 is 0. The number of hydrogen-bond acceptors (Lipinski definition) is 7. The Morgan fingerprint density at radius 1 is 0.976 bits per heavy atom. The van der Waals surface area contributed by atoms with Crippen LogP contribution < -0.4 is 38.9 Å². The first kappa shape index (κ1) is 33.5. The number of carboxylic acid groups (broad SMARTS) is 1. The van der Waals surface area contributed by atoms with Gasteiger partial charge < -0.3 is 49.0 Å². The lowest BCUT2D eigenvalue weighted by atomic mass is 9.96. The summed E-state index contributed by atoms with van der Waals surface area (Å²) in [7, 11) is 0. The van der Waals surface area contributed by atoms with Crippen molar-refractivity contribution in [2.45, 2.75) is 70.1 Å². The van der Waals surface area contributed by atoms with E-state index in [9.17, 15) is 29.1 Å². The predicted molar refractivity (Wildman–Crippen MR) is 157 cm³/mol. The molecule has 5 unspecified atom stereocenters. The molecular weight excluding hydrogens is 546 g/mol. The molecular formula is C27H41N9O6. The van der Waals surface area contributed by atoms with Crippen molar-refractivity contribution < 1.29 is 29.1 Å². The third-order valence-electron chi connectivity index (χ3n) is 6.84. The summed E-state index contributed by atoms with van der Waals surface area (Å²) in [6.45, 7) is 3.71. The van der Waals surface area contributed by atoms with Crippen molar-refractivity contribution in [1.82, 2.24) is 20.9 Å². The van der Waals surface area contributed by atoms with Crippen molar-refractivity contribution in [2.24, 2.45) is 33.8 Å². The van der Waals surface area contributed by atoms with Crippen LogP contribution in [0.5, 0.6) is 0 Å². The standard InChI is InChI=1S/C27H41N9O6/c1-3-14(2)22(25(40)35-20(26(41)42)11-15-13-33-18-8-5-4-7-16(15)18)36-24(39)19(9-6-10-32-27(30)31)34-23(38)17(28)12-21(29)37/h4-5,7-8,13-14,17,19-20,22,33H,3,6,9-12,28H2,1-2H3,(H2,29,37)(H,34,38)(H,35,40)(H,36,39)(H,41,42)(H4,30,31,32). The molecule has 4 amide bonds. The highest BCUT2D eigenvalue weighted by Crippen LogP contribution is 2.19. The Balaban J connectivity index is 2.21. The van der Waals surface area contributed by atoms with E-state index in [4.69, 9.17) is 22.9 Å². The van der Waals surface area contributed by atoms with Crippen molar-refractivity contribution >= 4 is 46.5 Å². The van der Waals surface area contributed by atoms with E-state index < -0.39 is 66.1 Å². The van der Waals surface area contributed by atoms with Crippen LogP contribution in [0.4, 0.5) is 0 Å². The number of H-pyrrole nitrogens is 1. The Morgan fingerprint density at radius 3 is 2.26 bits per heavy atom. The first-order chi connectivity index (χ1) is 19.8. The second-order valence-corrected chi connectivity index (χ2v) is 10.1. The van der Waals surface area contributed by atoms with Crippen LogP contribution in [0.2, 0.25) is 0 Å². The molecule has 1 heterocycles. The third kappa shape index (κ3) is 10.1. The summed E-state index contributed by atoms with van der Waals surface area (Å²) in [5.41, 5.74) is 23.1. The van der Waals surface area contributed by atoms with Gasteiger partial charge in [0.2, 0.25) is 23.6 Å². The van der Waals surface area contributed by atoms with Gasteiger partial charge in [-0.2, -0.15) is 0 Å². The van der Waals surface area contributed by atoms with E-state index in [1.165, 1.54) is 0 Å². The Kier molecular flexibility index (Phi) is 12.7. The number of carbonyl (C=O) groups excluding carboxylic acids is 4. The Hall–Kier alpha value is -4.66. The third-order valence-corrected chi connectivity index (χ3v) is 6.84. The van der Waals surface area contributed by atoms with Crippen molar-refractivity contribution in [3.63, 3.8) is 0 Å². The highest BCUT2D eigenvalue weighted by molar-refractivity contribution is 5.95. The number of carbonyl (C=O) groups is 5. The lowest BCUT2D eigenvalue weighted by Gasteiger charge is -2.28. The Labute approximate surface area is 243 Å². The number of guanidine groups is 1. The Morgan fingerprint density at radius 2 is 1.64 bits per heavy atom. The van der Waals surface area contributed by atoms with E-state index in [0.717, 1.165) is 10.9 Å². The number of aromatic amines is 1. The SMILES string of the molecule is CCC(C)C(NC(=O)C(CCCN=C(N)N)NC(=O)C(N)CC(N)=O)C(=O)NC(Cc1c[nH]c2ccccc12)C(=O)O. The predicted octanol–water partition coefficient (Wildman–Crippen LogP) is -1.45. The van der Waals surface area contributed by atoms with Gasteiger partial charge in [0.1, 0.15) is 18.1 Å². The van der Waals surface area contributed by atoms with E-state index in [2.05, 4.69) is 25.9 Å². The molecule has 0 aliphatic rings. The lowest BCUT2D eigenvalue weighted by Crippen LogP contribution is -2.59. The van der Waals surface area contributed by atoms with Gasteiger partial charge in [-0.15, -0.1) is 0 Å². The van der Waals surface area contributed by atoms with Gasteiger partial charge in [0.25, 0.3) is 0 Å². The number of nitrogens with two attached hydrogens (primary N) is 4. The number of benzene rings is 1. The molecule has 0 spiro atoms. The van der Waals surface area contributed by atoms with Crippen molar-refractivity contribution in [3.8, 4) is 0 Å². The monoisotopic (exact) mass is 587 g/mol. The molecule has 0 fully saturated rings. The fourth-order valence-electron chi connectivity index (χ4n) is 4.30. The molecule has 13 N–H and O–H groups in total. The molecule has 0 saturated heterocycles. The van der Waals surface area contributed by atoms with Gasteiger partial charge in [0, 0.05) is 30.1 Å².